The van der Waals surface area contributed by atoms with Crippen LogP contribution in [-0.2, 0) is 4.74 Å². The van der Waals surface area contributed by atoms with E-state index < -0.39 is 0 Å². The first-order chi connectivity index (χ1) is 17.7. The summed E-state index contributed by atoms with van der Waals surface area (Å²) >= 11 is 0. The number of hydrogen-bond donors (Lipinski definition) is 3. The summed E-state index contributed by atoms with van der Waals surface area (Å²) in [6.45, 7) is 6.28. The van der Waals surface area contributed by atoms with E-state index in [9.17, 15) is 9.59 Å². The first kappa shape index (κ1) is 25.8. The third-order valence-electron chi connectivity index (χ3n) is 6.12. The zero-order valence-corrected chi connectivity index (χ0v) is 21.6. The van der Waals surface area contributed by atoms with Gasteiger partial charge in [0.15, 0.2) is 0 Å². The highest BCUT2D eigenvalue weighted by atomic mass is 16.5. The summed E-state index contributed by atoms with van der Waals surface area (Å²) in [5.74, 6) is 0.0773. The highest BCUT2D eigenvalue weighted by molar-refractivity contribution is 6.15. The largest absolute Gasteiger partial charge is 0.378 e. The Balaban J connectivity index is 1.69. The zero-order valence-electron chi connectivity index (χ0n) is 21.6. The minimum Gasteiger partial charge on any atom is -0.378 e. The fourth-order valence-electron chi connectivity index (χ4n) is 4.08. The van der Waals surface area contributed by atoms with Crippen molar-refractivity contribution in [2.75, 3.05) is 55.9 Å². The van der Waals surface area contributed by atoms with E-state index in [-0.39, 0.29) is 11.8 Å². The molecule has 4 rings (SSSR count). The lowest BCUT2D eigenvalue weighted by molar-refractivity contribution is 0.102. The summed E-state index contributed by atoms with van der Waals surface area (Å²) in [4.78, 5) is 34.9. The summed E-state index contributed by atoms with van der Waals surface area (Å²) in [6, 6.07) is 14.2. The van der Waals surface area contributed by atoms with Crippen LogP contribution in [0.4, 0.5) is 17.2 Å². The molecule has 1 aliphatic heterocycles. The number of nitrogens with zero attached hydrogens (tertiary/aromatic N) is 3. The smallest absolute Gasteiger partial charge is 0.259 e. The Labute approximate surface area is 217 Å². The van der Waals surface area contributed by atoms with Crippen LogP contribution in [-0.4, -0.2) is 67.9 Å². The SMILES string of the molecule is Cc1ccc(NC(=O)c2cc(C)cc(N3CCOCC3)c2NC(=O)c2ccc(C(=N)N(C)C)cc2)nc1. The Morgan fingerprint density at radius 3 is 2.22 bits per heavy atom. The lowest BCUT2D eigenvalue weighted by Gasteiger charge is -2.31. The van der Waals surface area contributed by atoms with Gasteiger partial charge in [0.25, 0.3) is 11.8 Å². The summed E-state index contributed by atoms with van der Waals surface area (Å²) < 4.78 is 5.52. The van der Waals surface area contributed by atoms with Gasteiger partial charge in [0.2, 0.25) is 0 Å². The molecule has 2 aromatic carbocycles. The number of hydrogen-bond acceptors (Lipinski definition) is 6. The maximum atomic E-state index is 13.4. The Kier molecular flexibility index (Phi) is 7.83. The molecular weight excluding hydrogens is 468 g/mol. The molecule has 0 radical (unpaired) electrons. The molecule has 0 aliphatic carbocycles. The van der Waals surface area contributed by atoms with Crippen molar-refractivity contribution in [2.24, 2.45) is 0 Å². The number of amidine groups is 1. The molecule has 0 atom stereocenters. The van der Waals surface area contributed by atoms with E-state index in [1.807, 2.05) is 26.0 Å². The van der Waals surface area contributed by atoms with Gasteiger partial charge in [-0.3, -0.25) is 15.0 Å². The maximum Gasteiger partial charge on any atom is 0.259 e. The number of aryl methyl sites for hydroxylation is 2. The fraction of sp³-hybridized carbons (Fsp3) is 0.286. The number of carbonyl (C=O) groups excluding carboxylic acids is 2. The number of pyridine rings is 1. The summed E-state index contributed by atoms with van der Waals surface area (Å²) in [5, 5.41) is 14.0. The van der Waals surface area contributed by atoms with Gasteiger partial charge >= 0.3 is 0 Å². The van der Waals surface area contributed by atoms with Crippen LogP contribution in [0.3, 0.4) is 0 Å². The number of aromatic nitrogens is 1. The third-order valence-corrected chi connectivity index (χ3v) is 6.12. The van der Waals surface area contributed by atoms with E-state index in [0.717, 1.165) is 16.8 Å². The molecule has 0 bridgehead atoms. The molecule has 9 nitrogen and oxygen atoms in total. The van der Waals surface area contributed by atoms with Gasteiger partial charge in [0.1, 0.15) is 11.7 Å². The lowest BCUT2D eigenvalue weighted by atomic mass is 10.0. The van der Waals surface area contributed by atoms with Crippen LogP contribution in [0.2, 0.25) is 0 Å². The summed E-state index contributed by atoms with van der Waals surface area (Å²) in [5.41, 5.74) is 4.57. The Bertz CT molecular complexity index is 1300. The van der Waals surface area contributed by atoms with Crippen molar-refractivity contribution in [1.29, 1.82) is 5.41 Å². The Morgan fingerprint density at radius 1 is 0.919 bits per heavy atom. The average molecular weight is 501 g/mol. The van der Waals surface area contributed by atoms with E-state index in [1.165, 1.54) is 0 Å². The molecule has 3 aromatic rings. The molecule has 0 saturated carbocycles. The van der Waals surface area contributed by atoms with Gasteiger partial charge in [-0.25, -0.2) is 4.98 Å². The minimum atomic E-state index is -0.361. The number of anilines is 3. The van der Waals surface area contributed by atoms with Gasteiger partial charge in [0, 0.05) is 44.5 Å². The minimum absolute atomic E-state index is 0.344. The van der Waals surface area contributed by atoms with Crippen molar-refractivity contribution in [2.45, 2.75) is 13.8 Å². The quantitative estimate of drug-likeness (QED) is 0.349. The van der Waals surface area contributed by atoms with Crippen molar-refractivity contribution in [3.8, 4) is 0 Å². The second-order valence-corrected chi connectivity index (χ2v) is 9.26. The molecule has 192 valence electrons. The van der Waals surface area contributed by atoms with Crippen LogP contribution in [0, 0.1) is 19.3 Å². The molecule has 1 aliphatic rings. The molecule has 2 heterocycles. The Hall–Kier alpha value is -4.24. The first-order valence-electron chi connectivity index (χ1n) is 12.1. The van der Waals surface area contributed by atoms with Gasteiger partial charge < -0.3 is 25.2 Å². The highest BCUT2D eigenvalue weighted by Gasteiger charge is 2.24. The molecule has 9 heteroatoms. The van der Waals surface area contributed by atoms with Crippen LogP contribution in [0.15, 0.2) is 54.7 Å². The summed E-state index contributed by atoms with van der Waals surface area (Å²) in [7, 11) is 3.60. The number of morpholine rings is 1. The molecule has 0 spiro atoms. The van der Waals surface area contributed by atoms with E-state index in [4.69, 9.17) is 10.1 Å². The fourth-order valence-corrected chi connectivity index (χ4v) is 4.08. The average Bonchev–Trinajstić information content (AvgIpc) is 2.90. The second-order valence-electron chi connectivity index (χ2n) is 9.26. The molecule has 3 N–H and O–H groups in total. The van der Waals surface area contributed by atoms with Crippen molar-refractivity contribution in [3.05, 3.63) is 82.5 Å². The van der Waals surface area contributed by atoms with Crippen LogP contribution in [0.1, 0.15) is 37.4 Å². The molecule has 37 heavy (non-hydrogen) atoms. The number of ether oxygens (including phenoxy) is 1. The van der Waals surface area contributed by atoms with Crippen LogP contribution in [0.5, 0.6) is 0 Å². The van der Waals surface area contributed by atoms with E-state index >= 15 is 0 Å². The van der Waals surface area contributed by atoms with Gasteiger partial charge in [-0.1, -0.05) is 18.2 Å². The predicted octanol–water partition coefficient (Wildman–Crippen LogP) is 3.93. The monoisotopic (exact) mass is 500 g/mol. The normalized spacial score (nSPS) is 13.1. The first-order valence-corrected chi connectivity index (χ1v) is 12.1. The number of rotatable bonds is 6. The van der Waals surface area contributed by atoms with Gasteiger partial charge in [0.05, 0.1) is 30.2 Å². The van der Waals surface area contributed by atoms with Crippen molar-refractivity contribution >= 4 is 34.8 Å². The zero-order chi connectivity index (χ0) is 26.5. The molecule has 1 saturated heterocycles. The predicted molar refractivity (Wildman–Crippen MR) is 146 cm³/mol. The van der Waals surface area contributed by atoms with Crippen LogP contribution < -0.4 is 15.5 Å². The highest BCUT2D eigenvalue weighted by Crippen LogP contribution is 2.33. The molecular formula is C28H32N6O3. The van der Waals surface area contributed by atoms with Crippen LogP contribution in [0.25, 0.3) is 0 Å². The number of carbonyl (C=O) groups is 2. The van der Waals surface area contributed by atoms with Crippen molar-refractivity contribution in [1.82, 2.24) is 9.88 Å². The number of nitrogens with one attached hydrogen (secondary N) is 3. The third kappa shape index (κ3) is 6.13. The molecule has 1 fully saturated rings. The maximum absolute atomic E-state index is 13.4. The molecule has 1 aromatic heterocycles. The standard InChI is InChI=1S/C28H32N6O3/c1-18-5-10-24(30-17-18)31-28(36)22-15-19(2)16-23(34-11-13-37-14-12-34)25(22)32-27(35)21-8-6-20(7-9-21)26(29)33(3)4/h5-10,15-17,29H,11-14H2,1-4H3,(H,32,35)(H,30,31,36). The van der Waals surface area contributed by atoms with Crippen molar-refractivity contribution < 1.29 is 14.3 Å². The topological polar surface area (TPSA) is 111 Å². The van der Waals surface area contributed by atoms with E-state index in [0.29, 0.717) is 60.3 Å². The second kappa shape index (κ2) is 11.2. The number of benzene rings is 2. The summed E-state index contributed by atoms with van der Waals surface area (Å²) in [6.07, 6.45) is 1.69. The van der Waals surface area contributed by atoms with E-state index in [2.05, 4.69) is 20.5 Å². The van der Waals surface area contributed by atoms with E-state index in [1.54, 1.807) is 61.6 Å². The van der Waals surface area contributed by atoms with Gasteiger partial charge in [-0.15, -0.1) is 0 Å². The lowest BCUT2D eigenvalue weighted by Crippen LogP contribution is -2.37. The van der Waals surface area contributed by atoms with Gasteiger partial charge in [-0.05, 0) is 55.3 Å². The van der Waals surface area contributed by atoms with Crippen LogP contribution >= 0.6 is 0 Å². The molecule has 0 unspecified atom stereocenters. The van der Waals surface area contributed by atoms with Crippen molar-refractivity contribution in [3.63, 3.8) is 0 Å². The Morgan fingerprint density at radius 2 is 1.59 bits per heavy atom. The van der Waals surface area contributed by atoms with Gasteiger partial charge in [-0.2, -0.15) is 0 Å². The number of amides is 2. The molecule has 2 amide bonds.